The molecule has 0 aliphatic carbocycles. The van der Waals surface area contributed by atoms with Gasteiger partial charge in [-0.15, -0.1) is 0 Å². The maximum atomic E-state index is 12.8. The van der Waals surface area contributed by atoms with Crippen molar-refractivity contribution in [2.24, 2.45) is 0 Å². The van der Waals surface area contributed by atoms with Gasteiger partial charge in [-0.1, -0.05) is 36.4 Å². The third kappa shape index (κ3) is 5.82. The number of benzene rings is 4. The Morgan fingerprint density at radius 2 is 0.795 bits per heavy atom. The molecule has 0 saturated heterocycles. The lowest BCUT2D eigenvalue weighted by Gasteiger charge is -2.10. The summed E-state index contributed by atoms with van der Waals surface area (Å²) in [5.74, 6) is 0. The molecule has 0 spiro atoms. The fourth-order valence-electron chi connectivity index (χ4n) is 4.41. The van der Waals surface area contributed by atoms with E-state index in [1.54, 1.807) is 24.3 Å². The van der Waals surface area contributed by atoms with Crippen molar-refractivity contribution in [2.45, 2.75) is 12.4 Å². The van der Waals surface area contributed by atoms with Crippen LogP contribution < -0.4 is 22.2 Å². The molecule has 0 atom stereocenters. The topological polar surface area (TPSA) is 110 Å². The minimum absolute atomic E-state index is 0.0531. The van der Waals surface area contributed by atoms with Crippen molar-refractivity contribution in [2.75, 3.05) is 0 Å². The van der Waals surface area contributed by atoms with Gasteiger partial charge in [-0.25, -0.2) is 9.36 Å². The average Bonchev–Trinajstić information content (AvgIpc) is 3.00. The van der Waals surface area contributed by atoms with E-state index in [1.165, 1.54) is 48.5 Å². The Balaban J connectivity index is 0.000000175. The minimum Gasteiger partial charge on any atom is -0.267 e. The van der Waals surface area contributed by atoms with Gasteiger partial charge in [0.1, 0.15) is 0 Å². The Bertz CT molecular complexity index is 2100. The second-order valence-corrected chi connectivity index (χ2v) is 9.35. The summed E-state index contributed by atoms with van der Waals surface area (Å²) in [5.41, 5.74) is -4.17. The van der Waals surface area contributed by atoms with Crippen molar-refractivity contribution in [1.82, 2.24) is 19.6 Å². The molecule has 8 nitrogen and oxygen atoms in total. The van der Waals surface area contributed by atoms with Crippen LogP contribution in [0.5, 0.6) is 0 Å². The molecular formula is C30H18F6N4O4. The normalized spacial score (nSPS) is 11.8. The first-order valence-electron chi connectivity index (χ1n) is 12.6. The molecule has 0 unspecified atom stereocenters. The first kappa shape index (κ1) is 29.8. The quantitative estimate of drug-likeness (QED) is 0.256. The molecule has 2 heterocycles. The second-order valence-electron chi connectivity index (χ2n) is 9.35. The Morgan fingerprint density at radius 3 is 1.14 bits per heavy atom. The number of fused-ring (bicyclic) bond motifs is 2. The Labute approximate surface area is 241 Å². The highest BCUT2D eigenvalue weighted by molar-refractivity contribution is 5.81. The Kier molecular flexibility index (Phi) is 7.59. The summed E-state index contributed by atoms with van der Waals surface area (Å²) in [6.07, 6.45) is -9.06. The van der Waals surface area contributed by atoms with Crippen molar-refractivity contribution in [1.29, 1.82) is 0 Å². The lowest BCUT2D eigenvalue weighted by atomic mass is 10.2. The number of alkyl halides is 6. The molecular weight excluding hydrogens is 594 g/mol. The van der Waals surface area contributed by atoms with Crippen LogP contribution in [0.25, 0.3) is 32.9 Å². The molecule has 0 aliphatic rings. The van der Waals surface area contributed by atoms with Crippen LogP contribution >= 0.6 is 0 Å². The van der Waals surface area contributed by atoms with E-state index in [1.807, 2.05) is 0 Å². The van der Waals surface area contributed by atoms with Gasteiger partial charge in [0.2, 0.25) is 0 Å². The molecule has 0 fully saturated rings. The van der Waals surface area contributed by atoms with Gasteiger partial charge in [-0.3, -0.25) is 29.4 Å². The lowest BCUT2D eigenvalue weighted by Crippen LogP contribution is -2.28. The highest BCUT2D eigenvalue weighted by atomic mass is 19.4. The fourth-order valence-corrected chi connectivity index (χ4v) is 4.41. The molecule has 2 N–H and O–H groups in total. The molecule has 2 aromatic heterocycles. The van der Waals surface area contributed by atoms with Crippen molar-refractivity contribution in [3.05, 3.63) is 150 Å². The molecule has 4 aromatic carbocycles. The van der Waals surface area contributed by atoms with Gasteiger partial charge in [-0.05, 0) is 60.7 Å². The second kappa shape index (κ2) is 11.2. The predicted molar refractivity (Wildman–Crippen MR) is 150 cm³/mol. The summed E-state index contributed by atoms with van der Waals surface area (Å²) in [5, 5.41) is 5.26. The summed E-state index contributed by atoms with van der Waals surface area (Å²) < 4.78 is 78.2. The van der Waals surface area contributed by atoms with E-state index >= 15 is 0 Å². The maximum absolute atomic E-state index is 12.8. The van der Waals surface area contributed by atoms with Crippen molar-refractivity contribution in [3.8, 4) is 11.4 Å². The third-order valence-corrected chi connectivity index (χ3v) is 6.50. The van der Waals surface area contributed by atoms with Gasteiger partial charge in [0.25, 0.3) is 22.2 Å². The molecule has 6 aromatic rings. The third-order valence-electron chi connectivity index (χ3n) is 6.50. The number of hydrogen-bond acceptors (Lipinski definition) is 4. The van der Waals surface area contributed by atoms with Crippen LogP contribution in [0.4, 0.5) is 26.3 Å². The zero-order valence-electron chi connectivity index (χ0n) is 22.0. The number of halogens is 6. The zero-order valence-corrected chi connectivity index (χ0v) is 22.0. The number of hydrogen-bond donors (Lipinski definition) is 2. The monoisotopic (exact) mass is 612 g/mol. The molecule has 14 heteroatoms. The predicted octanol–water partition coefficient (Wildman–Crippen LogP) is 5.40. The van der Waals surface area contributed by atoms with E-state index in [0.717, 1.165) is 33.6 Å². The van der Waals surface area contributed by atoms with E-state index < -0.39 is 45.7 Å². The number of aromatic amines is 2. The van der Waals surface area contributed by atoms with Crippen molar-refractivity contribution >= 4 is 21.5 Å². The molecule has 0 saturated carbocycles. The van der Waals surface area contributed by atoms with E-state index in [2.05, 4.69) is 10.2 Å². The van der Waals surface area contributed by atoms with Crippen molar-refractivity contribution in [3.63, 3.8) is 0 Å². The Hall–Kier alpha value is -5.66. The number of nitrogens with one attached hydrogen (secondary N) is 2. The molecule has 6 rings (SSSR count). The number of aromatic nitrogens is 4. The summed E-state index contributed by atoms with van der Waals surface area (Å²) in [6.45, 7) is 0. The first-order valence-corrected chi connectivity index (χ1v) is 12.6. The number of rotatable bonds is 2. The fraction of sp³-hybridized carbons (Fsp3) is 0.0667. The van der Waals surface area contributed by atoms with E-state index in [4.69, 9.17) is 0 Å². The average molecular weight is 612 g/mol. The Morgan fingerprint density at radius 1 is 0.455 bits per heavy atom. The summed E-state index contributed by atoms with van der Waals surface area (Å²) in [4.78, 5) is 48.6. The summed E-state index contributed by atoms with van der Waals surface area (Å²) in [6, 6.07) is 20.7. The van der Waals surface area contributed by atoms with Crippen LogP contribution in [0.1, 0.15) is 11.1 Å². The first-order chi connectivity index (χ1) is 20.8. The van der Waals surface area contributed by atoms with E-state index in [9.17, 15) is 45.5 Å². The van der Waals surface area contributed by atoms with E-state index in [0.29, 0.717) is 0 Å². The molecule has 224 valence electrons. The highest BCUT2D eigenvalue weighted by Gasteiger charge is 2.31. The van der Waals surface area contributed by atoms with Gasteiger partial charge >= 0.3 is 12.4 Å². The van der Waals surface area contributed by atoms with Crippen LogP contribution in [0, 0.1) is 0 Å². The standard InChI is InChI=1S/2C15H9F3N2O2/c2*16-15(17,18)9-4-3-5-10(8-9)20-14(22)12-7-2-1-6-11(12)13(21)19-20/h2*1-8H,(H,19,21). The van der Waals surface area contributed by atoms with Gasteiger partial charge in [0, 0.05) is 0 Å². The van der Waals surface area contributed by atoms with Crippen LogP contribution in [0.2, 0.25) is 0 Å². The zero-order chi connectivity index (χ0) is 31.8. The van der Waals surface area contributed by atoms with Crippen LogP contribution in [0.15, 0.2) is 116 Å². The number of nitrogens with zero attached hydrogens (tertiary/aromatic N) is 2. The van der Waals surface area contributed by atoms with Crippen LogP contribution in [-0.4, -0.2) is 19.6 Å². The molecule has 0 amide bonds. The largest absolute Gasteiger partial charge is 0.416 e. The van der Waals surface area contributed by atoms with Gasteiger partial charge in [0.05, 0.1) is 44.0 Å². The SMILES string of the molecule is O=c1[nH]n(-c2cccc(C(F)(F)F)c2)c(=O)c2ccccc12.O=c1[nH]n(-c2cccc(C(F)(F)F)c2)c(=O)c2ccccc12. The number of H-pyrrole nitrogens is 2. The van der Waals surface area contributed by atoms with Crippen molar-refractivity contribution < 1.29 is 26.3 Å². The van der Waals surface area contributed by atoms with Crippen LogP contribution in [-0.2, 0) is 12.4 Å². The maximum Gasteiger partial charge on any atom is 0.416 e. The van der Waals surface area contributed by atoms with Crippen LogP contribution in [0.3, 0.4) is 0 Å². The molecule has 0 bridgehead atoms. The van der Waals surface area contributed by atoms with E-state index in [-0.39, 0.29) is 32.9 Å². The summed E-state index contributed by atoms with van der Waals surface area (Å²) in [7, 11) is 0. The minimum atomic E-state index is -4.53. The molecule has 0 radical (unpaired) electrons. The summed E-state index contributed by atoms with van der Waals surface area (Å²) >= 11 is 0. The molecule has 44 heavy (non-hydrogen) atoms. The van der Waals surface area contributed by atoms with Gasteiger partial charge in [-0.2, -0.15) is 26.3 Å². The smallest absolute Gasteiger partial charge is 0.267 e. The van der Waals surface area contributed by atoms with Gasteiger partial charge in [0.15, 0.2) is 0 Å². The highest BCUT2D eigenvalue weighted by Crippen LogP contribution is 2.31. The lowest BCUT2D eigenvalue weighted by molar-refractivity contribution is -0.138. The van der Waals surface area contributed by atoms with Gasteiger partial charge < -0.3 is 0 Å². The molecule has 0 aliphatic heterocycles.